The van der Waals surface area contributed by atoms with Crippen molar-refractivity contribution in [2.45, 2.75) is 13.2 Å². The van der Waals surface area contributed by atoms with Crippen molar-refractivity contribution in [3.05, 3.63) is 64.2 Å². The summed E-state index contributed by atoms with van der Waals surface area (Å²) in [4.78, 5) is 11.1. The van der Waals surface area contributed by atoms with Crippen LogP contribution in [0.5, 0.6) is 5.75 Å². The molecule has 21 heavy (non-hydrogen) atoms. The molecule has 0 radical (unpaired) electrons. The molecule has 0 saturated heterocycles. The van der Waals surface area contributed by atoms with Crippen LogP contribution in [0.25, 0.3) is 0 Å². The number of hydrogen-bond acceptors (Lipinski definition) is 3. The Balaban J connectivity index is 2.06. The normalized spacial score (nSPS) is 10.4. The second-order valence-corrected chi connectivity index (χ2v) is 5.04. The SMILES string of the molecule is CNCc1cccc(OCc2ccc(C(N)=O)cc2Cl)c1. The van der Waals surface area contributed by atoms with E-state index in [2.05, 4.69) is 5.32 Å². The van der Waals surface area contributed by atoms with Crippen molar-refractivity contribution in [2.24, 2.45) is 5.73 Å². The van der Waals surface area contributed by atoms with E-state index in [1.165, 1.54) is 0 Å². The Morgan fingerprint density at radius 2 is 2.10 bits per heavy atom. The van der Waals surface area contributed by atoms with Gasteiger partial charge in [0.25, 0.3) is 0 Å². The first-order valence-corrected chi connectivity index (χ1v) is 6.92. The molecule has 1 amide bonds. The van der Waals surface area contributed by atoms with Gasteiger partial charge in [-0.1, -0.05) is 29.8 Å². The molecule has 2 rings (SSSR count). The van der Waals surface area contributed by atoms with Crippen molar-refractivity contribution in [3.63, 3.8) is 0 Å². The first kappa shape index (κ1) is 15.4. The molecule has 0 atom stereocenters. The molecule has 110 valence electrons. The van der Waals surface area contributed by atoms with Crippen LogP contribution in [0, 0.1) is 0 Å². The van der Waals surface area contributed by atoms with Crippen molar-refractivity contribution in [2.75, 3.05) is 7.05 Å². The van der Waals surface area contributed by atoms with E-state index in [0.717, 1.165) is 23.4 Å². The molecule has 3 N–H and O–H groups in total. The summed E-state index contributed by atoms with van der Waals surface area (Å²) in [5.74, 6) is 0.280. The van der Waals surface area contributed by atoms with Gasteiger partial charge in [-0.2, -0.15) is 0 Å². The van der Waals surface area contributed by atoms with E-state index in [-0.39, 0.29) is 0 Å². The van der Waals surface area contributed by atoms with Crippen LogP contribution in [0.3, 0.4) is 0 Å². The van der Waals surface area contributed by atoms with Gasteiger partial charge in [-0.05, 0) is 36.9 Å². The Morgan fingerprint density at radius 3 is 2.76 bits per heavy atom. The van der Waals surface area contributed by atoms with Crippen LogP contribution < -0.4 is 15.8 Å². The zero-order valence-electron chi connectivity index (χ0n) is 11.7. The standard InChI is InChI=1S/C16H17ClN2O2/c1-19-9-11-3-2-4-14(7-11)21-10-13-6-5-12(16(18)20)8-15(13)17/h2-8,19H,9-10H2,1H3,(H2,18,20). The first-order chi connectivity index (χ1) is 10.1. The Hall–Kier alpha value is -2.04. The van der Waals surface area contributed by atoms with Crippen LogP contribution in [0.1, 0.15) is 21.5 Å². The average Bonchev–Trinajstić information content (AvgIpc) is 2.46. The summed E-state index contributed by atoms with van der Waals surface area (Å²) in [6.45, 7) is 1.12. The number of carbonyl (C=O) groups is 1. The molecule has 2 aromatic carbocycles. The monoisotopic (exact) mass is 304 g/mol. The minimum atomic E-state index is -0.496. The minimum absolute atomic E-state index is 0.334. The molecule has 0 spiro atoms. The average molecular weight is 305 g/mol. The maximum Gasteiger partial charge on any atom is 0.248 e. The summed E-state index contributed by atoms with van der Waals surface area (Å²) in [5, 5.41) is 3.56. The van der Waals surface area contributed by atoms with E-state index < -0.39 is 5.91 Å². The fourth-order valence-corrected chi connectivity index (χ4v) is 2.16. The molecule has 0 aliphatic carbocycles. The molecule has 0 saturated carbocycles. The number of hydrogen-bond donors (Lipinski definition) is 2. The fourth-order valence-electron chi connectivity index (χ4n) is 1.93. The lowest BCUT2D eigenvalue weighted by Crippen LogP contribution is -2.11. The van der Waals surface area contributed by atoms with Crippen molar-refractivity contribution in [3.8, 4) is 5.75 Å². The molecule has 0 heterocycles. The van der Waals surface area contributed by atoms with Gasteiger partial charge >= 0.3 is 0 Å². The summed E-state index contributed by atoms with van der Waals surface area (Å²) in [7, 11) is 1.90. The van der Waals surface area contributed by atoms with E-state index in [1.807, 2.05) is 31.3 Å². The van der Waals surface area contributed by atoms with E-state index in [4.69, 9.17) is 22.1 Å². The molecular weight excluding hydrogens is 288 g/mol. The molecule has 0 bridgehead atoms. The zero-order chi connectivity index (χ0) is 15.2. The molecule has 2 aromatic rings. The molecule has 0 aromatic heterocycles. The lowest BCUT2D eigenvalue weighted by atomic mass is 10.1. The van der Waals surface area contributed by atoms with Gasteiger partial charge in [0.15, 0.2) is 0 Å². The van der Waals surface area contributed by atoms with Crippen LogP contribution in [0.15, 0.2) is 42.5 Å². The van der Waals surface area contributed by atoms with Crippen molar-refractivity contribution in [1.82, 2.24) is 5.32 Å². The van der Waals surface area contributed by atoms with E-state index in [0.29, 0.717) is 17.2 Å². The lowest BCUT2D eigenvalue weighted by Gasteiger charge is -2.10. The lowest BCUT2D eigenvalue weighted by molar-refractivity contribution is 0.1000. The predicted octanol–water partition coefficient (Wildman–Crippen LogP) is 2.74. The number of ether oxygens (including phenoxy) is 1. The summed E-state index contributed by atoms with van der Waals surface area (Å²) in [6, 6.07) is 12.8. The van der Waals surface area contributed by atoms with Gasteiger partial charge in [-0.15, -0.1) is 0 Å². The largest absolute Gasteiger partial charge is 0.489 e. The predicted molar refractivity (Wildman–Crippen MR) is 83.5 cm³/mol. The third kappa shape index (κ3) is 4.21. The topological polar surface area (TPSA) is 64.3 Å². The molecule has 0 aliphatic heterocycles. The highest BCUT2D eigenvalue weighted by molar-refractivity contribution is 6.31. The zero-order valence-corrected chi connectivity index (χ0v) is 12.5. The smallest absolute Gasteiger partial charge is 0.248 e. The first-order valence-electron chi connectivity index (χ1n) is 6.54. The Kier molecular flexibility index (Phi) is 5.20. The van der Waals surface area contributed by atoms with E-state index >= 15 is 0 Å². The molecule has 4 nitrogen and oxygen atoms in total. The van der Waals surface area contributed by atoms with Gasteiger partial charge in [0.1, 0.15) is 12.4 Å². The molecule has 0 unspecified atom stereocenters. The second-order valence-electron chi connectivity index (χ2n) is 4.64. The highest BCUT2D eigenvalue weighted by Gasteiger charge is 2.06. The summed E-state index contributed by atoms with van der Waals surface area (Å²) in [6.07, 6.45) is 0. The van der Waals surface area contributed by atoms with Crippen LogP contribution in [-0.4, -0.2) is 13.0 Å². The minimum Gasteiger partial charge on any atom is -0.489 e. The van der Waals surface area contributed by atoms with Gasteiger partial charge in [0.2, 0.25) is 5.91 Å². The van der Waals surface area contributed by atoms with Crippen molar-refractivity contribution in [1.29, 1.82) is 0 Å². The van der Waals surface area contributed by atoms with Crippen LogP contribution in [0.4, 0.5) is 0 Å². The number of rotatable bonds is 6. The maximum absolute atomic E-state index is 11.1. The number of nitrogens with one attached hydrogen (secondary N) is 1. The quantitative estimate of drug-likeness (QED) is 0.862. The van der Waals surface area contributed by atoms with Gasteiger partial charge in [0, 0.05) is 22.7 Å². The molecule has 5 heteroatoms. The number of amides is 1. The van der Waals surface area contributed by atoms with Crippen LogP contribution in [0.2, 0.25) is 5.02 Å². The highest BCUT2D eigenvalue weighted by Crippen LogP contribution is 2.21. The highest BCUT2D eigenvalue weighted by atomic mass is 35.5. The molecular formula is C16H17ClN2O2. The van der Waals surface area contributed by atoms with Crippen LogP contribution in [-0.2, 0) is 13.2 Å². The van der Waals surface area contributed by atoms with Crippen molar-refractivity contribution < 1.29 is 9.53 Å². The summed E-state index contributed by atoms with van der Waals surface area (Å²) >= 11 is 6.12. The van der Waals surface area contributed by atoms with Gasteiger partial charge in [-0.25, -0.2) is 0 Å². The third-order valence-electron chi connectivity index (χ3n) is 3.01. The van der Waals surface area contributed by atoms with Gasteiger partial charge in [-0.3, -0.25) is 4.79 Å². The van der Waals surface area contributed by atoms with Gasteiger partial charge in [0.05, 0.1) is 0 Å². The Labute approximate surface area is 128 Å². The summed E-state index contributed by atoms with van der Waals surface area (Å²) in [5.41, 5.74) is 7.55. The Morgan fingerprint density at radius 1 is 1.29 bits per heavy atom. The fraction of sp³-hybridized carbons (Fsp3) is 0.188. The van der Waals surface area contributed by atoms with Gasteiger partial charge < -0.3 is 15.8 Å². The molecule has 0 aliphatic rings. The number of carbonyl (C=O) groups excluding carboxylic acids is 1. The van der Waals surface area contributed by atoms with E-state index in [9.17, 15) is 4.79 Å². The summed E-state index contributed by atoms with van der Waals surface area (Å²) < 4.78 is 5.73. The third-order valence-corrected chi connectivity index (χ3v) is 3.36. The number of primary amides is 1. The van der Waals surface area contributed by atoms with Crippen LogP contribution >= 0.6 is 11.6 Å². The maximum atomic E-state index is 11.1. The van der Waals surface area contributed by atoms with E-state index in [1.54, 1.807) is 18.2 Å². The number of benzene rings is 2. The second kappa shape index (κ2) is 7.11. The Bertz CT molecular complexity index is 644. The number of halogens is 1. The molecule has 0 fully saturated rings. The van der Waals surface area contributed by atoms with Crippen molar-refractivity contribution >= 4 is 17.5 Å². The number of nitrogens with two attached hydrogens (primary N) is 1.